The highest BCUT2D eigenvalue weighted by atomic mass is 28.3. The lowest BCUT2D eigenvalue weighted by molar-refractivity contribution is 0.562. The molecule has 0 N–H and O–H groups in total. The Morgan fingerprint density at radius 1 is 1.18 bits per heavy atom. The Morgan fingerprint density at radius 3 is 2.12 bits per heavy atom. The van der Waals surface area contributed by atoms with Crippen molar-refractivity contribution in [3.05, 3.63) is 35.9 Å². The Labute approximate surface area is 106 Å². The number of hydrogen-bond acceptors (Lipinski definition) is 2. The molecule has 1 rings (SSSR count). The minimum Gasteiger partial charge on any atom is -0.211 e. The maximum absolute atomic E-state index is 9.65. The molecule has 0 heterocycles. The van der Waals surface area contributed by atoms with Gasteiger partial charge >= 0.3 is 0 Å². The van der Waals surface area contributed by atoms with Gasteiger partial charge in [-0.05, 0) is 13.3 Å². The molecule has 17 heavy (non-hydrogen) atoms. The van der Waals surface area contributed by atoms with Crippen LogP contribution in [0.3, 0.4) is 0 Å². The van der Waals surface area contributed by atoms with Gasteiger partial charge in [-0.1, -0.05) is 61.6 Å². The van der Waals surface area contributed by atoms with Gasteiger partial charge in [-0.3, -0.25) is 0 Å². The highest BCUT2D eigenvalue weighted by Crippen LogP contribution is 2.10. The average molecular weight is 249 g/mol. The molecule has 0 saturated carbocycles. The van der Waals surface area contributed by atoms with E-state index < -0.39 is 8.07 Å². The van der Waals surface area contributed by atoms with Crippen LogP contribution in [-0.4, -0.2) is 20.7 Å². The van der Waals surface area contributed by atoms with E-state index in [0.29, 0.717) is 6.54 Å². The van der Waals surface area contributed by atoms with Crippen LogP contribution in [0.5, 0.6) is 0 Å². The highest BCUT2D eigenvalue weighted by Gasteiger charge is 2.10. The summed E-state index contributed by atoms with van der Waals surface area (Å²) in [7, 11) is -0.897. The maximum Gasteiger partial charge on any atom is 0.234 e. The molecule has 0 atom stereocenters. The van der Waals surface area contributed by atoms with Crippen molar-refractivity contribution in [2.45, 2.75) is 39.0 Å². The van der Waals surface area contributed by atoms with E-state index in [2.05, 4.69) is 43.7 Å². The third-order valence-electron chi connectivity index (χ3n) is 2.20. The highest BCUT2D eigenvalue weighted by molar-refractivity contribution is 6.76. The summed E-state index contributed by atoms with van der Waals surface area (Å²) in [6.45, 7) is 9.70. The fourth-order valence-corrected chi connectivity index (χ4v) is 2.49. The average Bonchev–Trinajstić information content (AvgIpc) is 2.25. The molecule has 0 aliphatic heterocycles. The van der Waals surface area contributed by atoms with E-state index in [1.54, 1.807) is 6.08 Å². The summed E-state index contributed by atoms with van der Waals surface area (Å²) in [5, 5.41) is 0. The van der Waals surface area contributed by atoms with Gasteiger partial charge in [-0.2, -0.15) is 0 Å². The van der Waals surface area contributed by atoms with Crippen molar-refractivity contribution >= 4 is 14.2 Å². The molecule has 3 heteroatoms. The van der Waals surface area contributed by atoms with Crippen molar-refractivity contribution in [1.82, 2.24) is 0 Å². The van der Waals surface area contributed by atoms with Crippen LogP contribution in [0.4, 0.5) is 0 Å². The zero-order chi connectivity index (χ0) is 13.1. The molecular formula is C14H23NOSi. The van der Waals surface area contributed by atoms with Crippen LogP contribution in [0.15, 0.2) is 35.3 Å². The Morgan fingerprint density at radius 2 is 1.76 bits per heavy atom. The zero-order valence-corrected chi connectivity index (χ0v) is 12.4. The van der Waals surface area contributed by atoms with Gasteiger partial charge in [-0.15, -0.1) is 0 Å². The van der Waals surface area contributed by atoms with Gasteiger partial charge in [0.05, 0.1) is 6.54 Å². The molecular weight excluding hydrogens is 226 g/mol. The van der Waals surface area contributed by atoms with Crippen molar-refractivity contribution in [2.75, 3.05) is 6.54 Å². The Kier molecular flexibility index (Phi) is 8.29. The normalized spacial score (nSPS) is 9.88. The maximum atomic E-state index is 9.65. The van der Waals surface area contributed by atoms with Crippen LogP contribution < -0.4 is 0 Å². The van der Waals surface area contributed by atoms with Crippen LogP contribution in [-0.2, 0) is 4.79 Å². The first-order chi connectivity index (χ1) is 7.95. The van der Waals surface area contributed by atoms with Crippen molar-refractivity contribution in [2.24, 2.45) is 4.99 Å². The summed E-state index contributed by atoms with van der Waals surface area (Å²) >= 11 is 0. The number of benzene rings is 1. The molecule has 1 aromatic rings. The SMILES string of the molecule is C[Si](C)(C)CCCN=C=O.Cc1ccccc1. The number of rotatable bonds is 4. The summed E-state index contributed by atoms with van der Waals surface area (Å²) in [5.74, 6) is 0. The number of isocyanates is 1. The van der Waals surface area contributed by atoms with Gasteiger partial charge in [0.2, 0.25) is 6.08 Å². The molecule has 0 bridgehead atoms. The van der Waals surface area contributed by atoms with Gasteiger partial charge in [0.25, 0.3) is 0 Å². The lowest BCUT2D eigenvalue weighted by Gasteiger charge is -2.13. The van der Waals surface area contributed by atoms with Gasteiger partial charge in [-0.25, -0.2) is 9.79 Å². The molecule has 2 nitrogen and oxygen atoms in total. The van der Waals surface area contributed by atoms with Gasteiger partial charge in [0.1, 0.15) is 0 Å². The lowest BCUT2D eigenvalue weighted by Crippen LogP contribution is -2.18. The van der Waals surface area contributed by atoms with Gasteiger partial charge < -0.3 is 0 Å². The summed E-state index contributed by atoms with van der Waals surface area (Å²) in [6.07, 6.45) is 2.59. The second-order valence-electron chi connectivity index (χ2n) is 5.29. The van der Waals surface area contributed by atoms with Crippen LogP contribution in [0.25, 0.3) is 0 Å². The summed E-state index contributed by atoms with van der Waals surface area (Å²) in [4.78, 5) is 13.1. The Hall–Kier alpha value is -1.18. The van der Waals surface area contributed by atoms with E-state index in [-0.39, 0.29) is 0 Å². The van der Waals surface area contributed by atoms with Crippen LogP contribution in [0, 0.1) is 6.92 Å². The molecule has 0 aromatic heterocycles. The second-order valence-corrected chi connectivity index (χ2v) is 10.9. The van der Waals surface area contributed by atoms with E-state index in [9.17, 15) is 4.79 Å². The fraction of sp³-hybridized carbons (Fsp3) is 0.500. The van der Waals surface area contributed by atoms with Crippen molar-refractivity contribution in [3.63, 3.8) is 0 Å². The first-order valence-corrected chi connectivity index (χ1v) is 9.72. The molecule has 0 aliphatic rings. The minimum atomic E-state index is -0.897. The first kappa shape index (κ1) is 15.8. The molecule has 0 aliphatic carbocycles. The van der Waals surface area contributed by atoms with Crippen LogP contribution in [0.2, 0.25) is 25.7 Å². The lowest BCUT2D eigenvalue weighted by atomic mass is 10.2. The van der Waals surface area contributed by atoms with Gasteiger partial charge in [0.15, 0.2) is 0 Å². The smallest absolute Gasteiger partial charge is 0.211 e. The predicted octanol–water partition coefficient (Wildman–Crippen LogP) is 4.05. The predicted molar refractivity (Wildman–Crippen MR) is 76.9 cm³/mol. The van der Waals surface area contributed by atoms with Crippen LogP contribution >= 0.6 is 0 Å². The van der Waals surface area contributed by atoms with E-state index in [1.807, 2.05) is 18.2 Å². The molecule has 0 fully saturated rings. The second kappa shape index (κ2) is 8.91. The molecule has 0 amide bonds. The van der Waals surface area contributed by atoms with Crippen LogP contribution in [0.1, 0.15) is 12.0 Å². The zero-order valence-electron chi connectivity index (χ0n) is 11.4. The number of hydrogen-bond donors (Lipinski definition) is 0. The van der Waals surface area contributed by atoms with E-state index in [4.69, 9.17) is 0 Å². The van der Waals surface area contributed by atoms with E-state index in [1.165, 1.54) is 11.6 Å². The Bertz CT molecular complexity index is 337. The van der Waals surface area contributed by atoms with Gasteiger partial charge in [0, 0.05) is 8.07 Å². The van der Waals surface area contributed by atoms with Crippen molar-refractivity contribution < 1.29 is 4.79 Å². The standard InChI is InChI=1S/C7H15NOSi.C7H8/c1-10(2,3)6-4-5-8-7-9;1-7-5-3-2-4-6-7/h4-6H2,1-3H3;2-6H,1H3. The minimum absolute atomic E-state index is 0.660. The monoisotopic (exact) mass is 249 g/mol. The van der Waals surface area contributed by atoms with E-state index >= 15 is 0 Å². The van der Waals surface area contributed by atoms with Crippen molar-refractivity contribution in [1.29, 1.82) is 0 Å². The Balaban J connectivity index is 0.000000318. The fourth-order valence-electron chi connectivity index (χ4n) is 1.27. The quantitative estimate of drug-likeness (QED) is 0.343. The summed E-state index contributed by atoms with van der Waals surface area (Å²) in [6, 6.07) is 11.5. The molecule has 1 aromatic carbocycles. The number of aryl methyl sites for hydroxylation is 1. The third kappa shape index (κ3) is 12.7. The summed E-state index contributed by atoms with van der Waals surface area (Å²) in [5.41, 5.74) is 1.32. The largest absolute Gasteiger partial charge is 0.234 e. The molecule has 94 valence electrons. The topological polar surface area (TPSA) is 29.4 Å². The molecule has 0 spiro atoms. The first-order valence-electron chi connectivity index (χ1n) is 6.01. The molecule has 0 radical (unpaired) electrons. The van der Waals surface area contributed by atoms with Crippen molar-refractivity contribution in [3.8, 4) is 0 Å². The molecule has 0 unspecified atom stereocenters. The number of aliphatic imine (C=N–C) groups is 1. The number of nitrogens with zero attached hydrogens (tertiary/aromatic N) is 1. The third-order valence-corrected chi connectivity index (χ3v) is 4.06. The number of carbonyl (C=O) groups excluding carboxylic acids is 1. The summed E-state index contributed by atoms with van der Waals surface area (Å²) < 4.78 is 0. The van der Waals surface area contributed by atoms with E-state index in [0.717, 1.165) is 6.42 Å². The molecule has 0 saturated heterocycles.